The van der Waals surface area contributed by atoms with Crippen molar-refractivity contribution in [2.75, 3.05) is 0 Å². The molecule has 3 heteroatoms. The Hall–Kier alpha value is -0.120. The smallest absolute Gasteiger partial charge is 0.0776 e. The van der Waals surface area contributed by atoms with Gasteiger partial charge in [0.25, 0.3) is 0 Å². The molecule has 4 heavy (non-hydrogen) atoms. The minimum atomic E-state index is 0. The highest BCUT2D eigenvalue weighted by molar-refractivity contribution is 2.50. The van der Waals surface area contributed by atoms with Crippen LogP contribution in [0.2, 0.25) is 0 Å². The van der Waals surface area contributed by atoms with Gasteiger partial charge in [0.05, 0.1) is 0 Å². The highest BCUT2D eigenvalue weighted by Gasteiger charge is -0.0776. The van der Waals surface area contributed by atoms with Gasteiger partial charge in [0.1, 0.15) is 0 Å². The van der Waals surface area contributed by atoms with Crippen molar-refractivity contribution >= 4 is 0 Å². The van der Waals surface area contributed by atoms with E-state index < -0.39 is 0 Å². The predicted molar refractivity (Wildman–Crippen MR) is 12.5 cm³/mol. The van der Waals surface area contributed by atoms with E-state index in [9.17, 15) is 0 Å². The molecule has 0 heterocycles. The molecule has 0 saturated carbocycles. The van der Waals surface area contributed by atoms with E-state index in [4.69, 9.17) is 0 Å². The van der Waals surface area contributed by atoms with Crippen molar-refractivity contribution in [1.82, 2.24) is 0 Å². The van der Waals surface area contributed by atoms with Gasteiger partial charge in [-0.25, -0.2) is 0 Å². The standard InChI is InChI=1S/CH4.3H2O/h1H4;3*1H2/p-3. The molecule has 0 aliphatic heterocycles. The van der Waals surface area contributed by atoms with Crippen molar-refractivity contribution in [3.63, 3.8) is 0 Å². The molecule has 0 aliphatic rings. The molecule has 0 aromatic heterocycles. The summed E-state index contributed by atoms with van der Waals surface area (Å²) in [6.07, 6.45) is 0. The molecule has 0 radical (unpaired) electrons. The Bertz CT molecular complexity index is 3.25. The first-order valence-corrected chi connectivity index (χ1v) is 0. The Labute approximate surface area is 25.2 Å². The van der Waals surface area contributed by atoms with E-state index in [1.807, 2.05) is 0 Å². The lowest BCUT2D eigenvalue weighted by molar-refractivity contribution is 0.823. The zero-order chi connectivity index (χ0) is 0. The van der Waals surface area contributed by atoms with Gasteiger partial charge in [-0.05, 0) is 0 Å². The first kappa shape index (κ1) is 2230. The molecule has 0 amide bonds. The lowest BCUT2D eigenvalue weighted by Gasteiger charge is -0.871. The molecule has 32 valence electrons. The molecule has 0 atom stereocenters. The summed E-state index contributed by atoms with van der Waals surface area (Å²) >= 11 is 0. The van der Waals surface area contributed by atoms with Gasteiger partial charge in [0.15, 0.2) is 0 Å². The third kappa shape index (κ3) is 101. The maximum atomic E-state index is 0. The lowest BCUT2D eigenvalue weighted by Crippen LogP contribution is -0.290. The fourth-order valence-corrected chi connectivity index (χ4v) is 0. The van der Waals surface area contributed by atoms with E-state index in [1.165, 1.54) is 0 Å². The summed E-state index contributed by atoms with van der Waals surface area (Å²) < 4.78 is 0. The van der Waals surface area contributed by atoms with Gasteiger partial charge < -0.3 is 16.4 Å². The zero-order valence-electron chi connectivity index (χ0n) is 1.34. The van der Waals surface area contributed by atoms with E-state index in [0.29, 0.717) is 0 Å². The fourth-order valence-electron chi connectivity index (χ4n) is 0. The van der Waals surface area contributed by atoms with Crippen LogP contribution < -0.4 is 0 Å². The molecule has 0 aliphatic carbocycles. The first-order chi connectivity index (χ1) is 0. The quantitative estimate of drug-likeness (QED) is 0.402. The summed E-state index contributed by atoms with van der Waals surface area (Å²) in [4.78, 5) is 0. The molecule has 0 aromatic rings. The van der Waals surface area contributed by atoms with E-state index in [1.54, 1.807) is 0 Å². The predicted octanol–water partition coefficient (Wildman–Crippen LogP) is 0.106. The van der Waals surface area contributed by atoms with Crippen LogP contribution in [0.15, 0.2) is 0 Å². The molecule has 0 saturated heterocycles. The Morgan fingerprint density at radius 2 is 0.500 bits per heavy atom. The van der Waals surface area contributed by atoms with Gasteiger partial charge in [-0.1, -0.05) is 7.43 Å². The second-order valence-corrected chi connectivity index (χ2v) is 0. The van der Waals surface area contributed by atoms with Crippen molar-refractivity contribution < 1.29 is 16.4 Å². The van der Waals surface area contributed by atoms with Crippen molar-refractivity contribution in [3.05, 3.63) is 0 Å². The monoisotopic (exact) mass is 67.0 g/mol. The second kappa shape index (κ2) is 707. The van der Waals surface area contributed by atoms with E-state index in [2.05, 4.69) is 0 Å². The van der Waals surface area contributed by atoms with Crippen LogP contribution in [0.5, 0.6) is 0 Å². The maximum Gasteiger partial charge on any atom is -0.0776 e. The minimum absolute atomic E-state index is 0. The van der Waals surface area contributed by atoms with Crippen molar-refractivity contribution in [2.45, 2.75) is 7.43 Å². The zero-order valence-corrected chi connectivity index (χ0v) is 1.34. The van der Waals surface area contributed by atoms with E-state index in [0.717, 1.165) is 0 Å². The Morgan fingerprint density at radius 3 is 0.500 bits per heavy atom. The van der Waals surface area contributed by atoms with Crippen LogP contribution in [0.4, 0.5) is 0 Å². The van der Waals surface area contributed by atoms with Gasteiger partial charge in [-0.15, -0.1) is 0 Å². The lowest BCUT2D eigenvalue weighted by atomic mass is 12.0. The van der Waals surface area contributed by atoms with Crippen LogP contribution in [0.1, 0.15) is 7.43 Å². The second-order valence-electron chi connectivity index (χ2n) is 0. The SMILES string of the molecule is C.[OH-].[OH-].[OH-]. The van der Waals surface area contributed by atoms with Gasteiger partial charge >= 0.3 is 0 Å². The van der Waals surface area contributed by atoms with Crippen molar-refractivity contribution in [1.29, 1.82) is 0 Å². The molecule has 0 bridgehead atoms. The minimum Gasteiger partial charge on any atom is -0.870 e. The normalized spacial score (nSPS) is 0. The molecule has 3 nitrogen and oxygen atoms in total. The van der Waals surface area contributed by atoms with Gasteiger partial charge in [-0.2, -0.15) is 0 Å². The summed E-state index contributed by atoms with van der Waals surface area (Å²) in [5.74, 6) is 0. The highest BCUT2D eigenvalue weighted by atomic mass is 16.0. The average Bonchev–Trinajstić information content (AvgIpc) is 0. The number of hydrogen-bond acceptors (Lipinski definition) is 3. The summed E-state index contributed by atoms with van der Waals surface area (Å²) in [6, 6.07) is 0. The summed E-state index contributed by atoms with van der Waals surface area (Å²) in [7, 11) is 0. The summed E-state index contributed by atoms with van der Waals surface area (Å²) in [6.45, 7) is 0. The largest absolute Gasteiger partial charge is 0.870 e. The average molecular weight is 67.1 g/mol. The third-order valence-corrected chi connectivity index (χ3v) is 0. The highest BCUT2D eigenvalue weighted by Crippen LogP contribution is 0.144. The molecule has 0 unspecified atom stereocenters. The number of rotatable bonds is 0. The first-order valence-electron chi connectivity index (χ1n) is 0. The molecule has 3 N–H and O–H groups in total. The van der Waals surface area contributed by atoms with Gasteiger partial charge in [0, 0.05) is 0 Å². The third-order valence-electron chi connectivity index (χ3n) is 0. The Morgan fingerprint density at radius 1 is 0.500 bits per heavy atom. The number of hydrogen-bond donors (Lipinski definition) is 0. The van der Waals surface area contributed by atoms with Crippen LogP contribution in [0.25, 0.3) is 0 Å². The summed E-state index contributed by atoms with van der Waals surface area (Å²) in [5, 5.41) is 0. The van der Waals surface area contributed by atoms with Crippen molar-refractivity contribution in [3.8, 4) is 0 Å². The molecule has 0 aromatic carbocycles. The maximum absolute atomic E-state index is 0. The Balaban J connectivity index is 0. The summed E-state index contributed by atoms with van der Waals surface area (Å²) in [5.41, 5.74) is 0. The van der Waals surface area contributed by atoms with Crippen molar-refractivity contribution in [2.24, 2.45) is 0 Å². The molecule has 0 spiro atoms. The van der Waals surface area contributed by atoms with Crippen LogP contribution in [0.3, 0.4) is 0 Å². The molecular formula is CH7O3-3. The van der Waals surface area contributed by atoms with Gasteiger partial charge in [0.2, 0.25) is 0 Å². The van der Waals surface area contributed by atoms with Crippen LogP contribution in [-0.4, -0.2) is 16.4 Å². The van der Waals surface area contributed by atoms with Crippen LogP contribution >= 0.6 is 0 Å². The Kier molecular flexibility index (Phi) is 395000. The fraction of sp³-hybridized carbons (Fsp3) is 1.00. The molecule has 0 rings (SSSR count). The molecule has 0 fully saturated rings. The van der Waals surface area contributed by atoms with E-state index in [-0.39, 0.29) is 23.9 Å². The van der Waals surface area contributed by atoms with Crippen LogP contribution in [-0.2, 0) is 0 Å². The van der Waals surface area contributed by atoms with Gasteiger partial charge in [-0.3, -0.25) is 0 Å². The molecular weight excluding hydrogens is 60.0 g/mol. The van der Waals surface area contributed by atoms with Crippen LogP contribution in [0, 0.1) is 0 Å². The van der Waals surface area contributed by atoms with E-state index >= 15 is 0 Å². The topological polar surface area (TPSA) is 90.0 Å².